The first-order valence-electron chi connectivity index (χ1n) is 6.14. The molecule has 22 heavy (non-hydrogen) atoms. The van der Waals surface area contributed by atoms with Crippen LogP contribution in [0.25, 0.3) is 0 Å². The van der Waals surface area contributed by atoms with E-state index in [0.717, 1.165) is 5.01 Å². The van der Waals surface area contributed by atoms with Crippen molar-refractivity contribution in [3.63, 3.8) is 0 Å². The normalized spacial score (nSPS) is 14.1. The molecule has 0 radical (unpaired) electrons. The average Bonchev–Trinajstić information content (AvgIpc) is 2.81. The first-order valence-corrected chi connectivity index (χ1v) is 6.52. The van der Waals surface area contributed by atoms with Crippen molar-refractivity contribution in [1.29, 1.82) is 0 Å². The second-order valence-electron chi connectivity index (χ2n) is 4.18. The van der Waals surface area contributed by atoms with Crippen LogP contribution in [0.3, 0.4) is 0 Å². The van der Waals surface area contributed by atoms with Gasteiger partial charge in [-0.1, -0.05) is 17.5 Å². The molecular formula is C14H12ClN3O4. The van der Waals surface area contributed by atoms with Gasteiger partial charge in [0.25, 0.3) is 0 Å². The van der Waals surface area contributed by atoms with Crippen LogP contribution < -0.4 is 14.8 Å². The van der Waals surface area contributed by atoms with Gasteiger partial charge in [-0.15, -0.1) is 6.42 Å². The molecule has 0 unspecified atom stereocenters. The predicted octanol–water partition coefficient (Wildman–Crippen LogP) is 1.25. The number of methoxy groups -OCH3 is 1. The molecule has 0 spiro atoms. The molecule has 2 rings (SSSR count). The monoisotopic (exact) mass is 321 g/mol. The fourth-order valence-electron chi connectivity index (χ4n) is 1.73. The predicted molar refractivity (Wildman–Crippen MR) is 80.2 cm³/mol. The van der Waals surface area contributed by atoms with Crippen molar-refractivity contribution < 1.29 is 19.1 Å². The van der Waals surface area contributed by atoms with Gasteiger partial charge in [0, 0.05) is 0 Å². The van der Waals surface area contributed by atoms with Gasteiger partial charge in [-0.05, 0) is 17.7 Å². The third kappa shape index (κ3) is 3.48. The number of halogens is 1. The molecule has 0 aliphatic carbocycles. The molecule has 1 fully saturated rings. The SMILES string of the molecule is C#CCOc1c(Cl)cc(C=NN2CC(=O)NC2=O)cc1OC. The minimum Gasteiger partial charge on any atom is -0.493 e. The van der Waals surface area contributed by atoms with Crippen molar-refractivity contribution in [2.75, 3.05) is 20.3 Å². The van der Waals surface area contributed by atoms with Crippen LogP contribution in [-0.4, -0.2) is 43.4 Å². The Hall–Kier alpha value is -2.72. The lowest BCUT2D eigenvalue weighted by Crippen LogP contribution is -2.24. The minimum atomic E-state index is -0.576. The molecule has 114 valence electrons. The van der Waals surface area contributed by atoms with Crippen LogP contribution in [-0.2, 0) is 4.79 Å². The van der Waals surface area contributed by atoms with Crippen molar-refractivity contribution in [2.24, 2.45) is 5.10 Å². The number of hydrogen-bond donors (Lipinski definition) is 1. The van der Waals surface area contributed by atoms with E-state index in [1.54, 1.807) is 12.1 Å². The number of hydrogen-bond acceptors (Lipinski definition) is 5. The van der Waals surface area contributed by atoms with Crippen molar-refractivity contribution in [1.82, 2.24) is 10.3 Å². The van der Waals surface area contributed by atoms with Gasteiger partial charge in [0.2, 0.25) is 5.91 Å². The van der Waals surface area contributed by atoms with E-state index in [9.17, 15) is 9.59 Å². The number of hydrazone groups is 1. The van der Waals surface area contributed by atoms with Crippen molar-refractivity contribution in [2.45, 2.75) is 0 Å². The van der Waals surface area contributed by atoms with E-state index in [1.165, 1.54) is 13.3 Å². The van der Waals surface area contributed by atoms with Gasteiger partial charge in [0.1, 0.15) is 13.2 Å². The van der Waals surface area contributed by atoms with Crippen molar-refractivity contribution >= 4 is 29.8 Å². The van der Waals surface area contributed by atoms with Gasteiger partial charge in [-0.3, -0.25) is 10.1 Å². The van der Waals surface area contributed by atoms with Crippen LogP contribution >= 0.6 is 11.6 Å². The van der Waals surface area contributed by atoms with E-state index >= 15 is 0 Å². The summed E-state index contributed by atoms with van der Waals surface area (Å²) in [6.45, 7) is -0.0663. The Balaban J connectivity index is 2.22. The number of amides is 3. The minimum absolute atomic E-state index is 0.0551. The molecule has 1 N–H and O–H groups in total. The summed E-state index contributed by atoms with van der Waals surface area (Å²) in [4.78, 5) is 22.4. The smallest absolute Gasteiger partial charge is 0.344 e. The lowest BCUT2D eigenvalue weighted by Gasteiger charge is -2.11. The number of benzene rings is 1. The molecule has 1 saturated heterocycles. The Bertz CT molecular complexity index is 681. The van der Waals surface area contributed by atoms with E-state index in [-0.39, 0.29) is 18.2 Å². The standard InChI is InChI=1S/C14H12ClN3O4/c1-3-4-22-13-10(15)5-9(6-11(13)21-2)7-16-18-8-12(19)17-14(18)20/h1,5-7H,4,8H2,2H3,(H,17,19,20). The number of rotatable bonds is 5. The zero-order valence-corrected chi connectivity index (χ0v) is 12.4. The Labute approximate surface area is 131 Å². The van der Waals surface area contributed by atoms with E-state index in [4.69, 9.17) is 27.5 Å². The van der Waals surface area contributed by atoms with Gasteiger partial charge in [0.15, 0.2) is 11.5 Å². The molecular weight excluding hydrogens is 310 g/mol. The average molecular weight is 322 g/mol. The van der Waals surface area contributed by atoms with E-state index in [1.807, 2.05) is 0 Å². The lowest BCUT2D eigenvalue weighted by atomic mass is 10.2. The number of carbonyl (C=O) groups is 2. The lowest BCUT2D eigenvalue weighted by molar-refractivity contribution is -0.118. The van der Waals surface area contributed by atoms with Crippen LogP contribution in [0.2, 0.25) is 5.02 Å². The fourth-order valence-corrected chi connectivity index (χ4v) is 2.00. The summed E-state index contributed by atoms with van der Waals surface area (Å²) in [6, 6.07) is 2.62. The van der Waals surface area contributed by atoms with Crippen LogP contribution in [0.4, 0.5) is 4.79 Å². The molecule has 1 aromatic rings. The maximum Gasteiger partial charge on any atom is 0.344 e. The second kappa shape index (κ2) is 6.83. The topological polar surface area (TPSA) is 80.2 Å². The summed E-state index contributed by atoms with van der Waals surface area (Å²) < 4.78 is 10.5. The molecule has 0 bridgehead atoms. The van der Waals surface area contributed by atoms with Gasteiger partial charge in [0.05, 0.1) is 18.3 Å². The molecule has 1 aliphatic rings. The summed E-state index contributed by atoms with van der Waals surface area (Å²) in [5, 5.41) is 7.33. The molecule has 1 aliphatic heterocycles. The van der Waals surface area contributed by atoms with Gasteiger partial charge < -0.3 is 9.47 Å². The largest absolute Gasteiger partial charge is 0.493 e. The summed E-state index contributed by atoms with van der Waals surface area (Å²) in [6.07, 6.45) is 6.53. The zero-order chi connectivity index (χ0) is 16.1. The highest BCUT2D eigenvalue weighted by Crippen LogP contribution is 2.36. The first kappa shape index (κ1) is 15.7. The maximum absolute atomic E-state index is 11.4. The molecule has 0 aromatic heterocycles. The Morgan fingerprint density at radius 1 is 1.55 bits per heavy atom. The number of nitrogens with one attached hydrogen (secondary N) is 1. The molecule has 0 saturated carbocycles. The number of terminal acetylenes is 1. The zero-order valence-electron chi connectivity index (χ0n) is 11.6. The van der Waals surface area contributed by atoms with Crippen molar-refractivity contribution in [3.05, 3.63) is 22.7 Å². The maximum atomic E-state index is 11.4. The van der Waals surface area contributed by atoms with E-state index < -0.39 is 11.9 Å². The highest BCUT2D eigenvalue weighted by molar-refractivity contribution is 6.32. The Morgan fingerprint density at radius 3 is 2.91 bits per heavy atom. The van der Waals surface area contributed by atoms with E-state index in [2.05, 4.69) is 16.3 Å². The van der Waals surface area contributed by atoms with Gasteiger partial charge >= 0.3 is 6.03 Å². The molecule has 8 heteroatoms. The molecule has 7 nitrogen and oxygen atoms in total. The van der Waals surface area contributed by atoms with Crippen LogP contribution in [0, 0.1) is 12.3 Å². The fraction of sp³-hybridized carbons (Fsp3) is 0.214. The molecule has 3 amide bonds. The Kier molecular flexibility index (Phi) is 4.86. The summed E-state index contributed by atoms with van der Waals surface area (Å²) in [5.41, 5.74) is 0.571. The van der Waals surface area contributed by atoms with Gasteiger partial charge in [-0.2, -0.15) is 5.10 Å². The number of imide groups is 1. The Morgan fingerprint density at radius 2 is 2.32 bits per heavy atom. The molecule has 1 aromatic carbocycles. The van der Waals surface area contributed by atoms with E-state index in [0.29, 0.717) is 17.1 Å². The molecule has 1 heterocycles. The third-order valence-corrected chi connectivity index (χ3v) is 2.95. The summed E-state index contributed by atoms with van der Waals surface area (Å²) >= 11 is 6.11. The van der Waals surface area contributed by atoms with Crippen LogP contribution in [0.1, 0.15) is 5.56 Å². The molecule has 0 atom stereocenters. The first-order chi connectivity index (χ1) is 10.5. The highest BCUT2D eigenvalue weighted by atomic mass is 35.5. The summed E-state index contributed by atoms with van der Waals surface area (Å²) in [5.74, 6) is 2.64. The number of carbonyl (C=O) groups excluding carboxylic acids is 2. The number of nitrogens with zero attached hydrogens (tertiary/aromatic N) is 2. The van der Waals surface area contributed by atoms with Crippen LogP contribution in [0.5, 0.6) is 11.5 Å². The highest BCUT2D eigenvalue weighted by Gasteiger charge is 2.25. The number of ether oxygens (including phenoxy) is 2. The third-order valence-electron chi connectivity index (χ3n) is 2.67. The quantitative estimate of drug-likeness (QED) is 0.503. The summed E-state index contributed by atoms with van der Waals surface area (Å²) in [7, 11) is 1.46. The number of urea groups is 1. The van der Waals surface area contributed by atoms with Crippen molar-refractivity contribution in [3.8, 4) is 23.8 Å². The van der Waals surface area contributed by atoms with Crippen LogP contribution in [0.15, 0.2) is 17.2 Å². The second-order valence-corrected chi connectivity index (χ2v) is 4.59. The van der Waals surface area contributed by atoms with Gasteiger partial charge in [-0.25, -0.2) is 9.80 Å².